The van der Waals surface area contributed by atoms with Gasteiger partial charge in [0.05, 0.1) is 22.7 Å². The normalized spacial score (nSPS) is 16.3. The summed E-state index contributed by atoms with van der Waals surface area (Å²) in [4.78, 5) is 24.1. The second-order valence-corrected chi connectivity index (χ2v) is 5.97. The largest absolute Gasteiger partial charge is 0.423 e. The van der Waals surface area contributed by atoms with Crippen molar-refractivity contribution < 1.29 is 27.5 Å². The second kappa shape index (κ2) is 6.87. The summed E-state index contributed by atoms with van der Waals surface area (Å²) in [6.45, 7) is 0. The lowest BCUT2D eigenvalue weighted by atomic mass is 10.1. The molecule has 2 aromatic carbocycles. The highest BCUT2D eigenvalue weighted by molar-refractivity contribution is 6.31. The molecule has 1 amide bonds. The molecule has 3 rings (SSSR count). The standard InChI is InChI=1S/C17H12ClF3N2O3/c18-11-6-5-9(7-10(11)17(19,20)21)22-15(24)8-13-16(25)26-14-4-2-1-3-12(14)23-13/h1-7,13,23H,8H2,(H,22,24)/t13-/m0/s1. The predicted molar refractivity (Wildman–Crippen MR) is 89.2 cm³/mol. The molecule has 1 aliphatic rings. The molecule has 26 heavy (non-hydrogen) atoms. The number of anilines is 2. The van der Waals surface area contributed by atoms with E-state index in [9.17, 15) is 22.8 Å². The molecule has 5 nitrogen and oxygen atoms in total. The van der Waals surface area contributed by atoms with Gasteiger partial charge in [0.25, 0.3) is 0 Å². The smallest absolute Gasteiger partial charge is 0.417 e. The van der Waals surface area contributed by atoms with Crippen LogP contribution in [-0.2, 0) is 15.8 Å². The van der Waals surface area contributed by atoms with Crippen LogP contribution in [0.3, 0.4) is 0 Å². The summed E-state index contributed by atoms with van der Waals surface area (Å²) in [6.07, 6.45) is -4.95. The molecule has 0 spiro atoms. The van der Waals surface area contributed by atoms with Crippen molar-refractivity contribution in [3.8, 4) is 5.75 Å². The zero-order chi connectivity index (χ0) is 18.9. The Labute approximate surface area is 151 Å². The maximum absolute atomic E-state index is 12.9. The van der Waals surface area contributed by atoms with Gasteiger partial charge in [-0.15, -0.1) is 0 Å². The van der Waals surface area contributed by atoms with Crippen LogP contribution in [0.15, 0.2) is 42.5 Å². The lowest BCUT2D eigenvalue weighted by molar-refractivity contribution is -0.137. The van der Waals surface area contributed by atoms with E-state index in [1.807, 2.05) is 0 Å². The van der Waals surface area contributed by atoms with Crippen LogP contribution in [0.5, 0.6) is 5.75 Å². The molecule has 2 N–H and O–H groups in total. The lowest BCUT2D eigenvalue weighted by Crippen LogP contribution is -2.39. The Morgan fingerprint density at radius 2 is 1.96 bits per heavy atom. The number of benzene rings is 2. The summed E-state index contributed by atoms with van der Waals surface area (Å²) in [7, 11) is 0. The van der Waals surface area contributed by atoms with E-state index in [2.05, 4.69) is 10.6 Å². The van der Waals surface area contributed by atoms with Crippen LogP contribution >= 0.6 is 11.6 Å². The maximum Gasteiger partial charge on any atom is 0.417 e. The van der Waals surface area contributed by atoms with E-state index in [0.717, 1.165) is 12.1 Å². The Kier molecular flexibility index (Phi) is 4.78. The van der Waals surface area contributed by atoms with Gasteiger partial charge in [-0.05, 0) is 30.3 Å². The van der Waals surface area contributed by atoms with E-state index >= 15 is 0 Å². The minimum absolute atomic E-state index is 0.0729. The number of halogens is 4. The van der Waals surface area contributed by atoms with Crippen molar-refractivity contribution in [2.75, 3.05) is 10.6 Å². The number of hydrogen-bond donors (Lipinski definition) is 2. The third-order valence-corrected chi connectivity index (χ3v) is 3.99. The van der Waals surface area contributed by atoms with Gasteiger partial charge in [0.1, 0.15) is 6.04 Å². The number of esters is 1. The minimum atomic E-state index is -4.64. The van der Waals surface area contributed by atoms with Gasteiger partial charge in [0.2, 0.25) is 5.91 Å². The molecule has 1 aliphatic heterocycles. The fourth-order valence-electron chi connectivity index (χ4n) is 2.45. The Bertz CT molecular complexity index is 871. The summed E-state index contributed by atoms with van der Waals surface area (Å²) in [5.41, 5.74) is -0.576. The van der Waals surface area contributed by atoms with Gasteiger partial charge in [-0.25, -0.2) is 4.79 Å². The van der Waals surface area contributed by atoms with Crippen molar-refractivity contribution in [1.82, 2.24) is 0 Å². The van der Waals surface area contributed by atoms with Gasteiger partial charge in [-0.3, -0.25) is 4.79 Å². The molecule has 0 saturated heterocycles. The molecule has 0 unspecified atom stereocenters. The average molecular weight is 385 g/mol. The van der Waals surface area contributed by atoms with Gasteiger partial charge in [0, 0.05) is 5.69 Å². The quantitative estimate of drug-likeness (QED) is 0.618. The van der Waals surface area contributed by atoms with E-state index in [4.69, 9.17) is 16.3 Å². The van der Waals surface area contributed by atoms with Gasteiger partial charge < -0.3 is 15.4 Å². The first-order valence-electron chi connectivity index (χ1n) is 7.48. The summed E-state index contributed by atoms with van der Waals surface area (Å²) in [5, 5.41) is 4.73. The number of ether oxygens (including phenoxy) is 1. The van der Waals surface area contributed by atoms with Crippen LogP contribution in [0.25, 0.3) is 0 Å². The van der Waals surface area contributed by atoms with Crippen molar-refractivity contribution in [2.45, 2.75) is 18.6 Å². The molecule has 136 valence electrons. The van der Waals surface area contributed by atoms with Crippen molar-refractivity contribution in [1.29, 1.82) is 0 Å². The number of amides is 1. The van der Waals surface area contributed by atoms with Crippen LogP contribution in [0.1, 0.15) is 12.0 Å². The molecular weight excluding hydrogens is 373 g/mol. The number of carbonyl (C=O) groups excluding carboxylic acids is 2. The van der Waals surface area contributed by atoms with E-state index in [1.54, 1.807) is 24.3 Å². The zero-order valence-corrected chi connectivity index (χ0v) is 13.8. The van der Waals surface area contributed by atoms with Crippen LogP contribution in [-0.4, -0.2) is 17.9 Å². The molecule has 0 bridgehead atoms. The summed E-state index contributed by atoms with van der Waals surface area (Å²) in [6, 6.07) is 8.79. The van der Waals surface area contributed by atoms with E-state index in [0.29, 0.717) is 11.4 Å². The van der Waals surface area contributed by atoms with Crippen molar-refractivity contribution >= 4 is 34.9 Å². The molecule has 0 aliphatic carbocycles. The summed E-state index contributed by atoms with van der Waals surface area (Å²) >= 11 is 5.54. The van der Waals surface area contributed by atoms with Gasteiger partial charge in [-0.1, -0.05) is 23.7 Å². The van der Waals surface area contributed by atoms with Crippen molar-refractivity contribution in [3.05, 3.63) is 53.1 Å². The van der Waals surface area contributed by atoms with Crippen molar-refractivity contribution in [3.63, 3.8) is 0 Å². The first kappa shape index (κ1) is 18.1. The third kappa shape index (κ3) is 3.91. The highest BCUT2D eigenvalue weighted by Gasteiger charge is 2.34. The number of rotatable bonds is 3. The highest BCUT2D eigenvalue weighted by Crippen LogP contribution is 2.36. The van der Waals surface area contributed by atoms with Crippen LogP contribution in [0, 0.1) is 0 Å². The fourth-order valence-corrected chi connectivity index (χ4v) is 2.68. The molecule has 0 radical (unpaired) electrons. The maximum atomic E-state index is 12.9. The number of nitrogens with one attached hydrogen (secondary N) is 2. The summed E-state index contributed by atoms with van der Waals surface area (Å²) < 4.78 is 43.7. The number of fused-ring (bicyclic) bond motifs is 1. The first-order chi connectivity index (χ1) is 12.2. The number of carbonyl (C=O) groups is 2. The third-order valence-electron chi connectivity index (χ3n) is 3.66. The second-order valence-electron chi connectivity index (χ2n) is 5.56. The van der Waals surface area contributed by atoms with Gasteiger partial charge in [0.15, 0.2) is 5.75 Å². The Hall–Kier alpha value is -2.74. The minimum Gasteiger partial charge on any atom is -0.423 e. The Morgan fingerprint density at radius 3 is 2.69 bits per heavy atom. The Balaban J connectivity index is 1.69. The summed E-state index contributed by atoms with van der Waals surface area (Å²) in [5.74, 6) is -0.943. The molecule has 1 heterocycles. The van der Waals surface area contributed by atoms with Crippen LogP contribution in [0.2, 0.25) is 5.02 Å². The number of alkyl halides is 3. The molecule has 0 saturated carbocycles. The molecule has 2 aromatic rings. The Morgan fingerprint density at radius 1 is 1.23 bits per heavy atom. The monoisotopic (exact) mass is 384 g/mol. The lowest BCUT2D eigenvalue weighted by Gasteiger charge is -2.25. The van der Waals surface area contributed by atoms with Gasteiger partial charge >= 0.3 is 12.1 Å². The zero-order valence-electron chi connectivity index (χ0n) is 13.1. The first-order valence-corrected chi connectivity index (χ1v) is 7.85. The molecular formula is C17H12ClF3N2O3. The van der Waals surface area contributed by atoms with E-state index < -0.39 is 34.7 Å². The number of hydrogen-bond acceptors (Lipinski definition) is 4. The SMILES string of the molecule is O=C(C[C@@H]1Nc2ccccc2OC1=O)Nc1ccc(Cl)c(C(F)(F)F)c1. The van der Waals surface area contributed by atoms with Crippen LogP contribution < -0.4 is 15.4 Å². The molecule has 0 fully saturated rings. The highest BCUT2D eigenvalue weighted by atomic mass is 35.5. The molecule has 9 heteroatoms. The fraction of sp³-hybridized carbons (Fsp3) is 0.176. The van der Waals surface area contributed by atoms with Gasteiger partial charge in [-0.2, -0.15) is 13.2 Å². The molecule has 1 atom stereocenters. The van der Waals surface area contributed by atoms with Crippen molar-refractivity contribution in [2.24, 2.45) is 0 Å². The topological polar surface area (TPSA) is 67.4 Å². The van der Waals surface area contributed by atoms with E-state index in [1.165, 1.54) is 6.07 Å². The number of para-hydroxylation sites is 2. The van der Waals surface area contributed by atoms with E-state index in [-0.39, 0.29) is 12.1 Å². The molecule has 0 aromatic heterocycles. The van der Waals surface area contributed by atoms with Crippen LogP contribution in [0.4, 0.5) is 24.5 Å². The predicted octanol–water partition coefficient (Wildman–Crippen LogP) is 4.09. The average Bonchev–Trinajstić information content (AvgIpc) is 2.56.